The molecule has 1 amide bonds. The number of carbonyl (C=O) groups is 1. The summed E-state index contributed by atoms with van der Waals surface area (Å²) in [5, 5.41) is 7.18. The summed E-state index contributed by atoms with van der Waals surface area (Å²) >= 11 is 0. The number of nitrogens with zero attached hydrogens (tertiary/aromatic N) is 3. The van der Waals surface area contributed by atoms with Crippen LogP contribution in [-0.2, 0) is 17.9 Å². The Labute approximate surface area is 205 Å². The van der Waals surface area contributed by atoms with Crippen LogP contribution in [0, 0.1) is 0 Å². The molecule has 174 valence electrons. The Morgan fingerprint density at radius 2 is 1.54 bits per heavy atom. The maximum Gasteiger partial charge on any atom is 0.220 e. The fourth-order valence-electron chi connectivity index (χ4n) is 4.27. The number of hydrogen-bond acceptors (Lipinski definition) is 3. The lowest BCUT2D eigenvalue weighted by Crippen LogP contribution is -2.27. The zero-order valence-corrected chi connectivity index (χ0v) is 19.9. The van der Waals surface area contributed by atoms with Gasteiger partial charge in [0.05, 0.1) is 18.5 Å². The second-order valence-corrected chi connectivity index (χ2v) is 8.57. The van der Waals surface area contributed by atoms with Gasteiger partial charge >= 0.3 is 0 Å². The molecule has 35 heavy (non-hydrogen) atoms. The minimum Gasteiger partial charge on any atom is -0.497 e. The van der Waals surface area contributed by atoms with Gasteiger partial charge in [0.15, 0.2) is 0 Å². The second kappa shape index (κ2) is 9.85. The van der Waals surface area contributed by atoms with E-state index in [9.17, 15) is 4.79 Å². The molecule has 0 saturated heterocycles. The molecule has 0 fully saturated rings. The van der Waals surface area contributed by atoms with Gasteiger partial charge in [0, 0.05) is 37.3 Å². The number of amides is 1. The van der Waals surface area contributed by atoms with Crippen LogP contribution in [0.2, 0.25) is 0 Å². The summed E-state index contributed by atoms with van der Waals surface area (Å²) in [5.41, 5.74) is 4.94. The van der Waals surface area contributed by atoms with Crippen LogP contribution in [0.5, 0.6) is 5.75 Å². The first-order valence-corrected chi connectivity index (χ1v) is 11.6. The molecular weight excluding hydrogens is 434 g/mol. The zero-order chi connectivity index (χ0) is 24.2. The van der Waals surface area contributed by atoms with E-state index in [1.807, 2.05) is 88.6 Å². The molecule has 5 aromatic rings. The Hall–Kier alpha value is -4.38. The Morgan fingerprint density at radius 3 is 2.26 bits per heavy atom. The van der Waals surface area contributed by atoms with E-state index in [4.69, 9.17) is 9.84 Å². The summed E-state index contributed by atoms with van der Waals surface area (Å²) in [6, 6.07) is 32.5. The van der Waals surface area contributed by atoms with Crippen molar-refractivity contribution in [2.24, 2.45) is 0 Å². The number of para-hydroxylation sites is 1. The van der Waals surface area contributed by atoms with Gasteiger partial charge in [0.2, 0.25) is 5.91 Å². The average Bonchev–Trinajstić information content (AvgIpc) is 3.32. The molecule has 0 N–H and O–H groups in total. The Kier molecular flexibility index (Phi) is 6.31. The molecule has 0 bridgehead atoms. The molecule has 5 nitrogen and oxygen atoms in total. The summed E-state index contributed by atoms with van der Waals surface area (Å²) in [4.78, 5) is 14.5. The normalized spacial score (nSPS) is 10.9. The number of methoxy groups -OCH3 is 1. The van der Waals surface area contributed by atoms with E-state index in [-0.39, 0.29) is 5.91 Å². The average molecular weight is 462 g/mol. The first kappa shape index (κ1) is 22.4. The van der Waals surface area contributed by atoms with Gasteiger partial charge < -0.3 is 9.64 Å². The third-order valence-electron chi connectivity index (χ3n) is 6.15. The molecule has 1 aromatic heterocycles. The highest BCUT2D eigenvalue weighted by Gasteiger charge is 2.18. The van der Waals surface area contributed by atoms with Gasteiger partial charge in [-0.3, -0.25) is 4.79 Å². The van der Waals surface area contributed by atoms with Crippen molar-refractivity contribution in [1.29, 1.82) is 0 Å². The van der Waals surface area contributed by atoms with E-state index in [1.165, 1.54) is 0 Å². The zero-order valence-electron chi connectivity index (χ0n) is 19.9. The van der Waals surface area contributed by atoms with Crippen LogP contribution < -0.4 is 4.74 Å². The summed E-state index contributed by atoms with van der Waals surface area (Å²) in [7, 11) is 1.67. The van der Waals surface area contributed by atoms with Crippen LogP contribution in [0.15, 0.2) is 103 Å². The molecule has 0 unspecified atom stereocenters. The molecule has 0 aliphatic rings. The lowest BCUT2D eigenvalue weighted by atomic mass is 10.0. The molecular formula is C30H27N3O2. The van der Waals surface area contributed by atoms with Crippen molar-refractivity contribution in [3.8, 4) is 22.7 Å². The highest BCUT2D eigenvalue weighted by Crippen LogP contribution is 2.30. The number of benzene rings is 4. The van der Waals surface area contributed by atoms with Crippen molar-refractivity contribution in [2.45, 2.75) is 20.0 Å². The fraction of sp³-hybridized carbons (Fsp3) is 0.133. The molecule has 0 aliphatic heterocycles. The largest absolute Gasteiger partial charge is 0.497 e. The third-order valence-corrected chi connectivity index (χ3v) is 6.15. The van der Waals surface area contributed by atoms with Gasteiger partial charge in [-0.15, -0.1) is 0 Å². The van der Waals surface area contributed by atoms with E-state index >= 15 is 0 Å². The summed E-state index contributed by atoms with van der Waals surface area (Å²) in [6.45, 7) is 2.63. The van der Waals surface area contributed by atoms with Crippen molar-refractivity contribution in [3.05, 3.63) is 114 Å². The molecule has 0 spiro atoms. The number of aromatic nitrogens is 2. The van der Waals surface area contributed by atoms with E-state index in [0.717, 1.165) is 44.6 Å². The molecule has 1 heterocycles. The number of carbonyl (C=O) groups excluding carboxylic acids is 1. The molecule has 0 saturated carbocycles. The lowest BCUT2D eigenvalue weighted by Gasteiger charge is -2.21. The van der Waals surface area contributed by atoms with Gasteiger partial charge in [-0.25, -0.2) is 4.68 Å². The fourth-order valence-corrected chi connectivity index (χ4v) is 4.27. The molecule has 0 atom stereocenters. The van der Waals surface area contributed by atoms with Crippen LogP contribution in [-0.4, -0.2) is 27.7 Å². The van der Waals surface area contributed by atoms with Crippen molar-refractivity contribution >= 4 is 16.7 Å². The van der Waals surface area contributed by atoms with Gasteiger partial charge in [-0.05, 0) is 46.7 Å². The topological polar surface area (TPSA) is 47.4 Å². The van der Waals surface area contributed by atoms with Crippen molar-refractivity contribution in [1.82, 2.24) is 14.7 Å². The minimum atomic E-state index is 0.0258. The summed E-state index contributed by atoms with van der Waals surface area (Å²) < 4.78 is 7.26. The maximum atomic E-state index is 12.6. The first-order chi connectivity index (χ1) is 17.1. The van der Waals surface area contributed by atoms with Gasteiger partial charge in [-0.2, -0.15) is 5.10 Å². The second-order valence-electron chi connectivity index (χ2n) is 8.57. The Bertz CT molecular complexity index is 1460. The number of hydrogen-bond donors (Lipinski definition) is 0. The van der Waals surface area contributed by atoms with Crippen molar-refractivity contribution < 1.29 is 9.53 Å². The predicted octanol–water partition coefficient (Wildman–Crippen LogP) is 6.25. The number of rotatable bonds is 7. The van der Waals surface area contributed by atoms with E-state index in [2.05, 4.69) is 24.3 Å². The van der Waals surface area contributed by atoms with Gasteiger partial charge in [-0.1, -0.05) is 66.7 Å². The van der Waals surface area contributed by atoms with Crippen LogP contribution in [0.4, 0.5) is 0 Å². The van der Waals surface area contributed by atoms with Gasteiger partial charge in [0.1, 0.15) is 5.75 Å². The molecule has 4 aromatic carbocycles. The first-order valence-electron chi connectivity index (χ1n) is 11.6. The summed E-state index contributed by atoms with van der Waals surface area (Å²) in [6.07, 6.45) is 2.03. The lowest BCUT2D eigenvalue weighted by molar-refractivity contribution is -0.130. The van der Waals surface area contributed by atoms with Gasteiger partial charge in [0.25, 0.3) is 0 Å². The van der Waals surface area contributed by atoms with E-state index in [1.54, 1.807) is 14.0 Å². The standard InChI is InChI=1S/C30H27N3O2/c1-22(34)32(19-23-9-5-3-6-10-23)20-27-21-33(28-11-7-4-8-12-28)31-30(27)26-14-13-25-18-29(35-2)16-15-24(25)17-26/h3-18,21H,19-20H2,1-2H3. The Morgan fingerprint density at radius 1 is 0.857 bits per heavy atom. The third kappa shape index (κ3) is 4.94. The summed E-state index contributed by atoms with van der Waals surface area (Å²) in [5.74, 6) is 0.857. The number of ether oxygens (including phenoxy) is 1. The SMILES string of the molecule is COc1ccc2cc(-c3nn(-c4ccccc4)cc3CN(Cc3ccccc3)C(C)=O)ccc2c1. The van der Waals surface area contributed by atoms with Crippen LogP contribution >= 0.6 is 0 Å². The van der Waals surface area contributed by atoms with Crippen LogP contribution in [0.25, 0.3) is 27.7 Å². The molecule has 5 rings (SSSR count). The highest BCUT2D eigenvalue weighted by atomic mass is 16.5. The molecule has 0 radical (unpaired) electrons. The Balaban J connectivity index is 1.56. The van der Waals surface area contributed by atoms with Crippen molar-refractivity contribution in [3.63, 3.8) is 0 Å². The quantitative estimate of drug-likeness (QED) is 0.288. The maximum absolute atomic E-state index is 12.6. The van der Waals surface area contributed by atoms with E-state index < -0.39 is 0 Å². The molecule has 5 heteroatoms. The van der Waals surface area contributed by atoms with Crippen molar-refractivity contribution in [2.75, 3.05) is 7.11 Å². The van der Waals surface area contributed by atoms with E-state index in [0.29, 0.717) is 13.1 Å². The van der Waals surface area contributed by atoms with Crippen LogP contribution in [0.1, 0.15) is 18.1 Å². The highest BCUT2D eigenvalue weighted by molar-refractivity contribution is 5.88. The predicted molar refractivity (Wildman–Crippen MR) is 139 cm³/mol. The smallest absolute Gasteiger partial charge is 0.220 e. The number of fused-ring (bicyclic) bond motifs is 1. The van der Waals surface area contributed by atoms with Crippen LogP contribution in [0.3, 0.4) is 0 Å². The molecule has 0 aliphatic carbocycles. The minimum absolute atomic E-state index is 0.0258. The monoisotopic (exact) mass is 461 g/mol.